The zero-order valence-corrected chi connectivity index (χ0v) is 17.4. The van der Waals surface area contributed by atoms with Crippen LogP contribution in [0.1, 0.15) is 44.9 Å². The Morgan fingerprint density at radius 1 is 1.10 bits per heavy atom. The van der Waals surface area contributed by atoms with E-state index >= 15 is 0 Å². The lowest BCUT2D eigenvalue weighted by Crippen LogP contribution is -2.48. The maximum absolute atomic E-state index is 12.6. The summed E-state index contributed by atoms with van der Waals surface area (Å²) in [7, 11) is 1.87. The number of amides is 2. The second kappa shape index (κ2) is 7.52. The van der Waals surface area contributed by atoms with Crippen LogP contribution in [-0.4, -0.2) is 33.1 Å². The first-order chi connectivity index (χ1) is 14.5. The lowest BCUT2D eigenvalue weighted by Gasteiger charge is -2.56. The molecule has 6 rings (SSSR count). The normalized spacial score (nSPS) is 29.0. The molecule has 2 N–H and O–H groups in total. The molecule has 0 spiro atoms. The summed E-state index contributed by atoms with van der Waals surface area (Å²) < 4.78 is 1.83. The molecule has 1 aromatic carbocycles. The molecule has 4 aliphatic carbocycles. The van der Waals surface area contributed by atoms with Gasteiger partial charge in [0.25, 0.3) is 0 Å². The van der Waals surface area contributed by atoms with Crippen molar-refractivity contribution in [3.63, 3.8) is 0 Å². The van der Waals surface area contributed by atoms with Crippen LogP contribution >= 0.6 is 0 Å². The Hall–Kier alpha value is -2.70. The van der Waals surface area contributed by atoms with Crippen LogP contribution in [0.4, 0.5) is 5.69 Å². The van der Waals surface area contributed by atoms with E-state index in [1.54, 1.807) is 6.33 Å². The fourth-order valence-electron chi connectivity index (χ4n) is 6.57. The van der Waals surface area contributed by atoms with Crippen LogP contribution in [0.3, 0.4) is 0 Å². The molecule has 1 aromatic heterocycles. The topological polar surface area (TPSA) is 88.9 Å². The van der Waals surface area contributed by atoms with Gasteiger partial charge in [0.2, 0.25) is 11.8 Å². The molecule has 0 unspecified atom stereocenters. The zero-order valence-electron chi connectivity index (χ0n) is 17.4. The molecule has 2 amide bonds. The Morgan fingerprint density at radius 3 is 2.43 bits per heavy atom. The van der Waals surface area contributed by atoms with Crippen LogP contribution < -0.4 is 10.6 Å². The highest BCUT2D eigenvalue weighted by Gasteiger charge is 2.51. The summed E-state index contributed by atoms with van der Waals surface area (Å²) >= 11 is 0. The highest BCUT2D eigenvalue weighted by Crippen LogP contribution is 2.61. The lowest BCUT2D eigenvalue weighted by molar-refractivity contribution is -0.131. The first-order valence-electron chi connectivity index (χ1n) is 11.0. The number of nitrogens with zero attached hydrogens (tertiary/aromatic N) is 3. The number of carbonyl (C=O) groups excluding carboxylic acids is 2. The van der Waals surface area contributed by atoms with E-state index in [1.165, 1.54) is 38.5 Å². The molecular formula is C23H29N5O2. The molecule has 0 saturated heterocycles. The average molecular weight is 408 g/mol. The minimum atomic E-state index is -0.219. The lowest BCUT2D eigenvalue weighted by atomic mass is 9.49. The van der Waals surface area contributed by atoms with Crippen molar-refractivity contribution in [1.82, 2.24) is 20.1 Å². The number of benzene rings is 1. The maximum Gasteiger partial charge on any atom is 0.243 e. The van der Waals surface area contributed by atoms with E-state index in [2.05, 4.69) is 20.8 Å². The molecule has 4 fully saturated rings. The number of anilines is 1. The van der Waals surface area contributed by atoms with Gasteiger partial charge in [-0.05, 0) is 73.8 Å². The Balaban J connectivity index is 1.14. The van der Waals surface area contributed by atoms with Crippen LogP contribution in [0.15, 0.2) is 30.6 Å². The molecular weight excluding hydrogens is 378 g/mol. The third-order valence-corrected chi connectivity index (χ3v) is 7.26. The van der Waals surface area contributed by atoms with Crippen molar-refractivity contribution in [2.45, 2.75) is 44.9 Å². The van der Waals surface area contributed by atoms with Crippen molar-refractivity contribution in [3.8, 4) is 11.4 Å². The van der Waals surface area contributed by atoms with Crippen molar-refractivity contribution < 1.29 is 9.59 Å². The van der Waals surface area contributed by atoms with Crippen LogP contribution in [0.5, 0.6) is 0 Å². The van der Waals surface area contributed by atoms with E-state index in [9.17, 15) is 9.59 Å². The van der Waals surface area contributed by atoms with Gasteiger partial charge in [0.05, 0.1) is 6.54 Å². The van der Waals surface area contributed by atoms with Crippen molar-refractivity contribution in [1.29, 1.82) is 0 Å². The summed E-state index contributed by atoms with van der Waals surface area (Å²) in [5.41, 5.74) is 1.74. The number of aromatic nitrogens is 3. The molecule has 4 aliphatic rings. The van der Waals surface area contributed by atoms with E-state index in [0.717, 1.165) is 29.1 Å². The average Bonchev–Trinajstić information content (AvgIpc) is 3.11. The number of nitrogens with one attached hydrogen (secondary N) is 2. The van der Waals surface area contributed by atoms with Crippen molar-refractivity contribution in [3.05, 3.63) is 30.6 Å². The number of carbonyl (C=O) groups is 2. The van der Waals surface area contributed by atoms with Gasteiger partial charge in [0.1, 0.15) is 6.33 Å². The minimum Gasteiger partial charge on any atom is -0.347 e. The SMILES string of the molecule is Cn1cnnc1-c1cccc(NC(=O)CNC(=O)CC23CC4CC(CC(C4)C2)C3)c1. The smallest absolute Gasteiger partial charge is 0.243 e. The molecule has 4 saturated carbocycles. The molecule has 7 nitrogen and oxygen atoms in total. The first kappa shape index (κ1) is 19.3. The van der Waals surface area contributed by atoms with Crippen molar-refractivity contribution >= 4 is 17.5 Å². The van der Waals surface area contributed by atoms with Crippen molar-refractivity contribution in [2.75, 3.05) is 11.9 Å². The minimum absolute atomic E-state index is 0.000608. The summed E-state index contributed by atoms with van der Waals surface area (Å²) in [5.74, 6) is 3.01. The second-order valence-corrected chi connectivity index (χ2v) is 9.77. The van der Waals surface area contributed by atoms with E-state index in [0.29, 0.717) is 12.1 Å². The van der Waals surface area contributed by atoms with Gasteiger partial charge >= 0.3 is 0 Å². The molecule has 158 valence electrons. The van der Waals surface area contributed by atoms with Crippen molar-refractivity contribution in [2.24, 2.45) is 30.2 Å². The molecule has 7 heteroatoms. The van der Waals surface area contributed by atoms with E-state index in [-0.39, 0.29) is 23.8 Å². The van der Waals surface area contributed by atoms with Gasteiger partial charge < -0.3 is 15.2 Å². The standard InChI is InChI=1S/C23H29N5O2/c1-28-14-25-27-22(28)18-3-2-4-19(8-18)26-21(30)13-24-20(29)12-23-9-15-5-16(10-23)7-17(6-15)11-23/h2-4,8,14-17H,5-7,9-13H2,1H3,(H,24,29)(H,26,30). The third kappa shape index (κ3) is 3.85. The second-order valence-electron chi connectivity index (χ2n) is 9.77. The number of hydrogen-bond donors (Lipinski definition) is 2. The summed E-state index contributed by atoms with van der Waals surface area (Å²) in [5, 5.41) is 13.7. The Kier molecular flexibility index (Phi) is 4.83. The summed E-state index contributed by atoms with van der Waals surface area (Å²) in [6.07, 6.45) is 9.93. The monoisotopic (exact) mass is 407 g/mol. The molecule has 1 heterocycles. The predicted octanol–water partition coefficient (Wildman–Crippen LogP) is 3.14. The van der Waals surface area contributed by atoms with Crippen LogP contribution in [0, 0.1) is 23.2 Å². The molecule has 4 bridgehead atoms. The number of hydrogen-bond acceptors (Lipinski definition) is 4. The maximum atomic E-state index is 12.6. The van der Waals surface area contributed by atoms with Gasteiger partial charge in [-0.15, -0.1) is 10.2 Å². The van der Waals surface area contributed by atoms with Gasteiger partial charge in [0, 0.05) is 24.7 Å². The first-order valence-corrected chi connectivity index (χ1v) is 11.0. The molecule has 0 aliphatic heterocycles. The van der Waals surface area contributed by atoms with Gasteiger partial charge in [0.15, 0.2) is 5.82 Å². The molecule has 0 atom stereocenters. The largest absolute Gasteiger partial charge is 0.347 e. The third-order valence-electron chi connectivity index (χ3n) is 7.26. The number of rotatable bonds is 6. The zero-order chi connectivity index (χ0) is 20.7. The molecule has 30 heavy (non-hydrogen) atoms. The molecule has 0 radical (unpaired) electrons. The highest BCUT2D eigenvalue weighted by atomic mass is 16.2. The van der Waals surface area contributed by atoms with E-state index in [1.807, 2.05) is 35.9 Å². The van der Waals surface area contributed by atoms with Gasteiger partial charge in [-0.1, -0.05) is 12.1 Å². The van der Waals surface area contributed by atoms with Crippen LogP contribution in [0.25, 0.3) is 11.4 Å². The Morgan fingerprint density at radius 2 is 1.80 bits per heavy atom. The Labute approximate surface area is 176 Å². The van der Waals surface area contributed by atoms with E-state index < -0.39 is 0 Å². The van der Waals surface area contributed by atoms with E-state index in [4.69, 9.17) is 0 Å². The van der Waals surface area contributed by atoms with Gasteiger partial charge in [-0.3, -0.25) is 9.59 Å². The van der Waals surface area contributed by atoms with Gasteiger partial charge in [-0.2, -0.15) is 0 Å². The predicted molar refractivity (Wildman–Crippen MR) is 113 cm³/mol. The van der Waals surface area contributed by atoms with Crippen LogP contribution in [0.2, 0.25) is 0 Å². The Bertz CT molecular complexity index is 931. The number of aryl methyl sites for hydroxylation is 1. The fraction of sp³-hybridized carbons (Fsp3) is 0.565. The fourth-order valence-corrected chi connectivity index (χ4v) is 6.57. The van der Waals surface area contributed by atoms with Gasteiger partial charge in [-0.25, -0.2) is 0 Å². The summed E-state index contributed by atoms with van der Waals surface area (Å²) in [4.78, 5) is 25.0. The highest BCUT2D eigenvalue weighted by molar-refractivity contribution is 5.95. The molecule has 2 aromatic rings. The quantitative estimate of drug-likeness (QED) is 0.770. The summed E-state index contributed by atoms with van der Waals surface area (Å²) in [6, 6.07) is 7.48. The van der Waals surface area contributed by atoms with Crippen LogP contribution in [-0.2, 0) is 16.6 Å². The summed E-state index contributed by atoms with van der Waals surface area (Å²) in [6.45, 7) is -0.000608.